The summed E-state index contributed by atoms with van der Waals surface area (Å²) in [5.74, 6) is 0. The van der Waals surface area contributed by atoms with Crippen molar-refractivity contribution in [2.75, 3.05) is 13.2 Å². The summed E-state index contributed by atoms with van der Waals surface area (Å²) in [6.45, 7) is 5.49. The number of alkyl halides is 2. The van der Waals surface area contributed by atoms with Gasteiger partial charge in [-0.3, -0.25) is 0 Å². The smallest absolute Gasteiger partial charge is 0.128 e. The molecule has 0 saturated carbocycles. The Morgan fingerprint density at radius 1 is 0.909 bits per heavy atom. The Morgan fingerprint density at radius 3 is 1.36 bits per heavy atom. The molecule has 0 aliphatic carbocycles. The van der Waals surface area contributed by atoms with Crippen LogP contribution in [0.25, 0.3) is 0 Å². The molecule has 0 amide bonds. The molecule has 0 aromatic rings. The van der Waals surface area contributed by atoms with E-state index in [0.29, 0.717) is 0 Å². The molecule has 3 heteroatoms. The quantitative estimate of drug-likeness (QED) is 0.623. The Morgan fingerprint density at radius 2 is 1.18 bits per heavy atom. The topological polar surface area (TPSA) is 9.23 Å². The number of ether oxygens (including phenoxy) is 1. The second-order valence-electron chi connectivity index (χ2n) is 3.93. The van der Waals surface area contributed by atoms with Crippen molar-refractivity contribution in [1.82, 2.24) is 0 Å². The van der Waals surface area contributed by atoms with Gasteiger partial charge in [-0.1, -0.05) is 0 Å². The third-order valence-corrected chi connectivity index (χ3v) is 0.891. The van der Waals surface area contributed by atoms with Crippen LogP contribution in [0.4, 0.5) is 8.78 Å². The predicted octanol–water partition coefficient (Wildman–Crippen LogP) is 2.50. The van der Waals surface area contributed by atoms with Crippen LogP contribution in [0.3, 0.4) is 0 Å². The van der Waals surface area contributed by atoms with Crippen molar-refractivity contribution in [2.45, 2.75) is 39.0 Å². The van der Waals surface area contributed by atoms with Crippen LogP contribution in [-0.4, -0.2) is 24.6 Å². The fourth-order valence-electron chi connectivity index (χ4n) is 0.536. The van der Waals surface area contributed by atoms with Crippen LogP contribution < -0.4 is 0 Å². The summed E-state index contributed by atoms with van der Waals surface area (Å²) < 4.78 is 30.2. The summed E-state index contributed by atoms with van der Waals surface area (Å²) in [4.78, 5) is 0. The lowest BCUT2D eigenvalue weighted by molar-refractivity contribution is -0.0122. The molecule has 0 spiro atoms. The SMILES string of the molecule is CC(C)(F)COCC(C)(C)F. The van der Waals surface area contributed by atoms with Crippen molar-refractivity contribution in [2.24, 2.45) is 0 Å². The van der Waals surface area contributed by atoms with Gasteiger partial charge in [0, 0.05) is 0 Å². The summed E-state index contributed by atoms with van der Waals surface area (Å²) in [6.07, 6.45) is 0. The van der Waals surface area contributed by atoms with E-state index in [1.54, 1.807) is 0 Å². The summed E-state index contributed by atoms with van der Waals surface area (Å²) in [6, 6.07) is 0. The van der Waals surface area contributed by atoms with Crippen molar-refractivity contribution >= 4 is 0 Å². The van der Waals surface area contributed by atoms with E-state index in [2.05, 4.69) is 0 Å². The maximum Gasteiger partial charge on any atom is 0.128 e. The maximum absolute atomic E-state index is 12.7. The Bertz CT molecular complexity index is 96.2. The van der Waals surface area contributed by atoms with E-state index in [0.717, 1.165) is 0 Å². The molecule has 0 bridgehead atoms. The van der Waals surface area contributed by atoms with Gasteiger partial charge in [-0.15, -0.1) is 0 Å². The van der Waals surface area contributed by atoms with Crippen LogP contribution in [0.5, 0.6) is 0 Å². The summed E-state index contributed by atoms with van der Waals surface area (Å²) in [5.41, 5.74) is -2.74. The van der Waals surface area contributed by atoms with Crippen molar-refractivity contribution in [3.05, 3.63) is 0 Å². The molecule has 0 atom stereocenters. The molecule has 0 aromatic carbocycles. The molecular weight excluding hydrogens is 150 g/mol. The molecule has 1 nitrogen and oxygen atoms in total. The van der Waals surface area contributed by atoms with Crippen LogP contribution in [0.2, 0.25) is 0 Å². The van der Waals surface area contributed by atoms with Crippen LogP contribution >= 0.6 is 0 Å². The van der Waals surface area contributed by atoms with E-state index in [1.807, 2.05) is 0 Å². The van der Waals surface area contributed by atoms with Gasteiger partial charge < -0.3 is 4.74 Å². The molecule has 0 heterocycles. The van der Waals surface area contributed by atoms with Crippen LogP contribution in [0, 0.1) is 0 Å². The largest absolute Gasteiger partial charge is 0.375 e. The van der Waals surface area contributed by atoms with Crippen molar-refractivity contribution in [1.29, 1.82) is 0 Å². The van der Waals surface area contributed by atoms with E-state index >= 15 is 0 Å². The highest BCUT2D eigenvalue weighted by molar-refractivity contribution is 4.68. The molecule has 0 saturated heterocycles. The van der Waals surface area contributed by atoms with Crippen LogP contribution in [0.1, 0.15) is 27.7 Å². The third kappa shape index (κ3) is 9.82. The van der Waals surface area contributed by atoms with Gasteiger partial charge in [0.25, 0.3) is 0 Å². The monoisotopic (exact) mass is 166 g/mol. The van der Waals surface area contributed by atoms with Gasteiger partial charge in [0.1, 0.15) is 11.3 Å². The summed E-state index contributed by atoms with van der Waals surface area (Å²) >= 11 is 0. The number of halogens is 2. The first kappa shape index (κ1) is 10.8. The predicted molar refractivity (Wildman–Crippen MR) is 41.2 cm³/mol. The highest BCUT2D eigenvalue weighted by Gasteiger charge is 2.20. The Kier molecular flexibility index (Phi) is 3.42. The van der Waals surface area contributed by atoms with Gasteiger partial charge in [0.2, 0.25) is 0 Å². The molecule has 0 rings (SSSR count). The number of rotatable bonds is 4. The van der Waals surface area contributed by atoms with Gasteiger partial charge in [0.05, 0.1) is 13.2 Å². The van der Waals surface area contributed by atoms with Gasteiger partial charge in [-0.05, 0) is 27.7 Å². The molecule has 11 heavy (non-hydrogen) atoms. The van der Waals surface area contributed by atoms with E-state index in [9.17, 15) is 8.78 Å². The fraction of sp³-hybridized carbons (Fsp3) is 1.00. The van der Waals surface area contributed by atoms with E-state index < -0.39 is 11.3 Å². The maximum atomic E-state index is 12.7. The first-order chi connectivity index (χ1) is 4.71. The van der Waals surface area contributed by atoms with Crippen LogP contribution in [-0.2, 0) is 4.74 Å². The molecule has 0 N–H and O–H groups in total. The zero-order valence-electron chi connectivity index (χ0n) is 7.58. The Labute approximate surface area is 66.7 Å². The second kappa shape index (κ2) is 3.48. The molecule has 0 unspecified atom stereocenters. The van der Waals surface area contributed by atoms with Gasteiger partial charge in [-0.25, -0.2) is 8.78 Å². The molecule has 0 aliphatic heterocycles. The third-order valence-electron chi connectivity index (χ3n) is 0.891. The minimum atomic E-state index is -1.37. The minimum absolute atomic E-state index is 0.0552. The average Bonchev–Trinajstić information content (AvgIpc) is 1.55. The van der Waals surface area contributed by atoms with Gasteiger partial charge >= 0.3 is 0 Å². The second-order valence-corrected chi connectivity index (χ2v) is 3.93. The zero-order chi connectivity index (χ0) is 9.12. The Balaban J connectivity index is 3.44. The minimum Gasteiger partial charge on any atom is -0.375 e. The lowest BCUT2D eigenvalue weighted by atomic mass is 10.2. The van der Waals surface area contributed by atoms with Gasteiger partial charge in [0.15, 0.2) is 0 Å². The first-order valence-corrected chi connectivity index (χ1v) is 3.66. The van der Waals surface area contributed by atoms with Crippen molar-refractivity contribution in [3.8, 4) is 0 Å². The van der Waals surface area contributed by atoms with Crippen LogP contribution in [0.15, 0.2) is 0 Å². The molecule has 68 valence electrons. The number of hydrogen-bond donors (Lipinski definition) is 0. The highest BCUT2D eigenvalue weighted by atomic mass is 19.1. The lowest BCUT2D eigenvalue weighted by Gasteiger charge is -2.18. The fourth-order valence-corrected chi connectivity index (χ4v) is 0.536. The molecule has 0 radical (unpaired) electrons. The zero-order valence-corrected chi connectivity index (χ0v) is 7.58. The summed E-state index contributed by atoms with van der Waals surface area (Å²) in [5, 5.41) is 0. The van der Waals surface area contributed by atoms with E-state index in [-0.39, 0.29) is 13.2 Å². The van der Waals surface area contributed by atoms with Gasteiger partial charge in [-0.2, -0.15) is 0 Å². The standard InChI is InChI=1S/C8H16F2O/c1-7(2,9)5-11-6-8(3,4)10/h5-6H2,1-4H3. The first-order valence-electron chi connectivity index (χ1n) is 3.66. The van der Waals surface area contributed by atoms with E-state index in [4.69, 9.17) is 4.74 Å². The molecule has 0 aromatic heterocycles. The summed E-state index contributed by atoms with van der Waals surface area (Å²) in [7, 11) is 0. The molecule has 0 fully saturated rings. The average molecular weight is 166 g/mol. The lowest BCUT2D eigenvalue weighted by Crippen LogP contribution is -2.27. The van der Waals surface area contributed by atoms with Crippen molar-refractivity contribution < 1.29 is 13.5 Å². The number of hydrogen-bond acceptors (Lipinski definition) is 1. The van der Waals surface area contributed by atoms with E-state index in [1.165, 1.54) is 27.7 Å². The highest BCUT2D eigenvalue weighted by Crippen LogP contribution is 2.12. The molecule has 0 aliphatic rings. The Hall–Kier alpha value is -0.180. The normalized spacial score (nSPS) is 13.6. The molecular formula is C8H16F2O. The van der Waals surface area contributed by atoms with Crippen molar-refractivity contribution in [3.63, 3.8) is 0 Å².